The number of benzene rings is 2. The molecule has 1 amide bonds. The van der Waals surface area contributed by atoms with Gasteiger partial charge in [0, 0.05) is 19.2 Å². The Labute approximate surface area is 154 Å². The minimum absolute atomic E-state index is 0.0618. The molecule has 0 aliphatic heterocycles. The standard InChI is InChI=1S/C19H24N2O4S/c1-13-6-7-16(14(2)10-13)12-21(4)19(22)15-8-9-17(25-5)18(11-15)26(23,24)20-3/h6-11,20H,12H2,1-5H3. The van der Waals surface area contributed by atoms with Crippen molar-refractivity contribution in [2.24, 2.45) is 0 Å². The second kappa shape index (κ2) is 7.88. The highest BCUT2D eigenvalue weighted by Gasteiger charge is 2.21. The number of amides is 1. The van der Waals surface area contributed by atoms with Gasteiger partial charge in [0.15, 0.2) is 0 Å². The summed E-state index contributed by atoms with van der Waals surface area (Å²) >= 11 is 0. The fraction of sp³-hybridized carbons (Fsp3) is 0.316. The first-order valence-corrected chi connectivity index (χ1v) is 9.61. The van der Waals surface area contributed by atoms with Gasteiger partial charge in [0.25, 0.3) is 5.91 Å². The van der Waals surface area contributed by atoms with Gasteiger partial charge in [-0.15, -0.1) is 0 Å². The molecule has 0 atom stereocenters. The van der Waals surface area contributed by atoms with Crippen LogP contribution >= 0.6 is 0 Å². The fourth-order valence-electron chi connectivity index (χ4n) is 2.70. The van der Waals surface area contributed by atoms with Gasteiger partial charge in [0.2, 0.25) is 10.0 Å². The lowest BCUT2D eigenvalue weighted by Gasteiger charge is -2.20. The van der Waals surface area contributed by atoms with Crippen LogP contribution < -0.4 is 9.46 Å². The Balaban J connectivity index is 2.32. The summed E-state index contributed by atoms with van der Waals surface area (Å²) in [6.45, 7) is 4.46. The van der Waals surface area contributed by atoms with Crippen molar-refractivity contribution >= 4 is 15.9 Å². The molecule has 0 aromatic heterocycles. The molecule has 2 rings (SSSR count). The Morgan fingerprint density at radius 1 is 1.15 bits per heavy atom. The van der Waals surface area contributed by atoms with Crippen LogP contribution in [-0.4, -0.2) is 40.4 Å². The molecule has 6 nitrogen and oxygen atoms in total. The number of aryl methyl sites for hydroxylation is 2. The number of methoxy groups -OCH3 is 1. The van der Waals surface area contributed by atoms with Gasteiger partial charge in [0.1, 0.15) is 10.6 Å². The summed E-state index contributed by atoms with van der Waals surface area (Å²) in [6, 6.07) is 10.5. The molecule has 2 aromatic carbocycles. The van der Waals surface area contributed by atoms with Gasteiger partial charge in [0.05, 0.1) is 7.11 Å². The van der Waals surface area contributed by atoms with E-state index in [0.717, 1.165) is 16.7 Å². The first-order valence-electron chi connectivity index (χ1n) is 8.12. The Bertz CT molecular complexity index is 923. The predicted octanol–water partition coefficient (Wildman–Crippen LogP) is 2.49. The number of rotatable bonds is 6. The zero-order chi connectivity index (χ0) is 19.5. The molecule has 26 heavy (non-hydrogen) atoms. The molecule has 0 aliphatic carbocycles. The Morgan fingerprint density at radius 3 is 2.42 bits per heavy atom. The van der Waals surface area contributed by atoms with Crippen molar-refractivity contribution < 1.29 is 17.9 Å². The van der Waals surface area contributed by atoms with Crippen molar-refractivity contribution in [3.8, 4) is 5.75 Å². The van der Waals surface area contributed by atoms with Crippen LogP contribution in [0.15, 0.2) is 41.3 Å². The number of carbonyl (C=O) groups is 1. The molecule has 0 unspecified atom stereocenters. The van der Waals surface area contributed by atoms with Crippen molar-refractivity contribution in [1.82, 2.24) is 9.62 Å². The summed E-state index contributed by atoms with van der Waals surface area (Å²) in [7, 11) is 0.656. The molecule has 0 bridgehead atoms. The van der Waals surface area contributed by atoms with Gasteiger partial charge in [-0.3, -0.25) is 4.79 Å². The normalized spacial score (nSPS) is 11.3. The van der Waals surface area contributed by atoms with E-state index in [-0.39, 0.29) is 22.1 Å². The van der Waals surface area contributed by atoms with Crippen molar-refractivity contribution in [3.63, 3.8) is 0 Å². The third-order valence-electron chi connectivity index (χ3n) is 4.22. The number of hydrogen-bond donors (Lipinski definition) is 1. The van der Waals surface area contributed by atoms with E-state index in [1.165, 1.54) is 26.3 Å². The number of ether oxygens (including phenoxy) is 1. The molecule has 7 heteroatoms. The first-order chi connectivity index (χ1) is 12.2. The second-order valence-electron chi connectivity index (χ2n) is 6.16. The molecular weight excluding hydrogens is 352 g/mol. The maximum Gasteiger partial charge on any atom is 0.253 e. The summed E-state index contributed by atoms with van der Waals surface area (Å²) in [6.07, 6.45) is 0. The van der Waals surface area contributed by atoms with Gasteiger partial charge >= 0.3 is 0 Å². The monoisotopic (exact) mass is 376 g/mol. The molecule has 0 spiro atoms. The maximum absolute atomic E-state index is 12.8. The van der Waals surface area contributed by atoms with Crippen molar-refractivity contribution in [2.75, 3.05) is 21.2 Å². The number of nitrogens with one attached hydrogen (secondary N) is 1. The quantitative estimate of drug-likeness (QED) is 0.840. The zero-order valence-electron chi connectivity index (χ0n) is 15.7. The highest BCUT2D eigenvalue weighted by atomic mass is 32.2. The smallest absolute Gasteiger partial charge is 0.253 e. The average Bonchev–Trinajstić information content (AvgIpc) is 2.62. The van der Waals surface area contributed by atoms with Gasteiger partial charge in [-0.1, -0.05) is 23.8 Å². The van der Waals surface area contributed by atoms with Crippen LogP contribution in [0.4, 0.5) is 0 Å². The fourth-order valence-corrected chi connectivity index (χ4v) is 3.62. The van der Waals surface area contributed by atoms with Crippen molar-refractivity contribution in [2.45, 2.75) is 25.3 Å². The summed E-state index contributed by atoms with van der Waals surface area (Å²) < 4.78 is 31.7. The Morgan fingerprint density at radius 2 is 1.85 bits per heavy atom. The molecule has 0 fully saturated rings. The molecule has 0 radical (unpaired) electrons. The molecule has 0 heterocycles. The summed E-state index contributed by atoms with van der Waals surface area (Å²) in [5.74, 6) is -0.0758. The van der Waals surface area contributed by atoms with Gasteiger partial charge in [-0.2, -0.15) is 0 Å². The van der Waals surface area contributed by atoms with Crippen molar-refractivity contribution in [3.05, 3.63) is 58.7 Å². The third-order valence-corrected chi connectivity index (χ3v) is 5.66. The van der Waals surface area contributed by atoms with E-state index >= 15 is 0 Å². The minimum atomic E-state index is -3.74. The molecule has 140 valence electrons. The summed E-state index contributed by atoms with van der Waals surface area (Å²) in [5.41, 5.74) is 3.60. The predicted molar refractivity (Wildman–Crippen MR) is 101 cm³/mol. The lowest BCUT2D eigenvalue weighted by Crippen LogP contribution is -2.27. The van der Waals surface area contributed by atoms with Crippen LogP contribution in [0, 0.1) is 13.8 Å². The van der Waals surface area contributed by atoms with Crippen LogP contribution in [0.25, 0.3) is 0 Å². The minimum Gasteiger partial charge on any atom is -0.495 e. The summed E-state index contributed by atoms with van der Waals surface area (Å²) in [5, 5.41) is 0. The van der Waals surface area contributed by atoms with E-state index in [2.05, 4.69) is 10.8 Å². The average molecular weight is 376 g/mol. The zero-order valence-corrected chi connectivity index (χ0v) is 16.5. The number of sulfonamides is 1. The molecular formula is C19H24N2O4S. The number of carbonyl (C=O) groups excluding carboxylic acids is 1. The highest BCUT2D eigenvalue weighted by Crippen LogP contribution is 2.25. The molecule has 0 saturated heterocycles. The van der Waals surface area contributed by atoms with Gasteiger partial charge in [-0.05, 0) is 50.2 Å². The van der Waals surface area contributed by atoms with E-state index in [0.29, 0.717) is 6.54 Å². The van der Waals surface area contributed by atoms with E-state index in [4.69, 9.17) is 4.74 Å². The van der Waals surface area contributed by atoms with Crippen LogP contribution in [0.5, 0.6) is 5.75 Å². The second-order valence-corrected chi connectivity index (χ2v) is 8.02. The van der Waals surface area contributed by atoms with Crippen LogP contribution in [0.1, 0.15) is 27.0 Å². The van der Waals surface area contributed by atoms with Crippen LogP contribution in [0.2, 0.25) is 0 Å². The van der Waals surface area contributed by atoms with Crippen molar-refractivity contribution in [1.29, 1.82) is 0 Å². The van der Waals surface area contributed by atoms with Crippen LogP contribution in [-0.2, 0) is 16.6 Å². The largest absolute Gasteiger partial charge is 0.495 e. The lowest BCUT2D eigenvalue weighted by atomic mass is 10.1. The lowest BCUT2D eigenvalue weighted by molar-refractivity contribution is 0.0784. The van der Waals surface area contributed by atoms with Gasteiger partial charge < -0.3 is 9.64 Å². The SMILES string of the molecule is CNS(=O)(=O)c1cc(C(=O)N(C)Cc2ccc(C)cc2C)ccc1OC. The van der Waals surface area contributed by atoms with E-state index < -0.39 is 10.0 Å². The van der Waals surface area contributed by atoms with E-state index in [1.54, 1.807) is 18.0 Å². The topological polar surface area (TPSA) is 75.7 Å². The molecule has 0 saturated carbocycles. The third kappa shape index (κ3) is 4.23. The number of nitrogens with zero attached hydrogens (tertiary/aromatic N) is 1. The molecule has 2 aromatic rings. The highest BCUT2D eigenvalue weighted by molar-refractivity contribution is 7.89. The maximum atomic E-state index is 12.8. The Hall–Kier alpha value is -2.38. The number of hydrogen-bond acceptors (Lipinski definition) is 4. The van der Waals surface area contributed by atoms with E-state index in [9.17, 15) is 13.2 Å². The summed E-state index contributed by atoms with van der Waals surface area (Å²) in [4.78, 5) is 14.3. The first kappa shape index (κ1) is 19.9. The molecule has 1 N–H and O–H groups in total. The Kier molecular flexibility index (Phi) is 6.05. The van der Waals surface area contributed by atoms with E-state index in [1.807, 2.05) is 26.0 Å². The van der Waals surface area contributed by atoms with Crippen LogP contribution in [0.3, 0.4) is 0 Å². The molecule has 0 aliphatic rings. The van der Waals surface area contributed by atoms with Gasteiger partial charge in [-0.25, -0.2) is 13.1 Å².